The number of Topliss-reactive ketones (excluding diaryl/α,β-unsaturated/α-hetero) is 1. The number of ketones is 1. The third kappa shape index (κ3) is 4.02. The highest BCUT2D eigenvalue weighted by Gasteiger charge is 2.48. The summed E-state index contributed by atoms with van der Waals surface area (Å²) in [6, 6.07) is 20.4. The summed E-state index contributed by atoms with van der Waals surface area (Å²) in [5, 5.41) is 11.5. The number of carbonyl (C=O) groups excluding carboxylic acids is 2. The van der Waals surface area contributed by atoms with Crippen molar-refractivity contribution in [1.82, 2.24) is 4.98 Å². The van der Waals surface area contributed by atoms with E-state index in [1.165, 1.54) is 16.2 Å². The maximum Gasteiger partial charge on any atom is 0.301 e. The first-order valence-electron chi connectivity index (χ1n) is 11.1. The van der Waals surface area contributed by atoms with E-state index in [2.05, 4.69) is 4.98 Å². The number of hydrogen-bond acceptors (Lipinski definition) is 7. The zero-order valence-electron chi connectivity index (χ0n) is 19.1. The molecule has 0 aliphatic carbocycles. The molecule has 176 valence electrons. The van der Waals surface area contributed by atoms with E-state index >= 15 is 0 Å². The van der Waals surface area contributed by atoms with Gasteiger partial charge in [0.1, 0.15) is 17.3 Å². The second kappa shape index (κ2) is 9.23. The fourth-order valence-electron chi connectivity index (χ4n) is 4.16. The highest BCUT2D eigenvalue weighted by atomic mass is 32.1. The molecule has 1 atom stereocenters. The average Bonchev–Trinajstić information content (AvgIpc) is 3.42. The Kier molecular flexibility index (Phi) is 5.96. The number of anilines is 1. The molecule has 1 fully saturated rings. The van der Waals surface area contributed by atoms with Gasteiger partial charge in [-0.3, -0.25) is 14.5 Å². The molecule has 1 N–H and O–H groups in total. The SMILES string of the molecule is CCOc1ccc2nc(N3C(=O)C(=O)C(=C(O)c4ccccc4)C3c3cccc(OC)c3)sc2c1. The highest BCUT2D eigenvalue weighted by Crippen LogP contribution is 2.45. The molecule has 35 heavy (non-hydrogen) atoms. The second-order valence-electron chi connectivity index (χ2n) is 7.87. The highest BCUT2D eigenvalue weighted by molar-refractivity contribution is 7.22. The number of aliphatic hydroxyl groups excluding tert-OH is 1. The predicted octanol–water partition coefficient (Wildman–Crippen LogP) is 5.33. The van der Waals surface area contributed by atoms with Crippen molar-refractivity contribution < 1.29 is 24.2 Å². The van der Waals surface area contributed by atoms with Gasteiger partial charge in [-0.25, -0.2) is 4.98 Å². The minimum Gasteiger partial charge on any atom is -0.507 e. The first-order chi connectivity index (χ1) is 17.0. The number of nitrogens with zero attached hydrogens (tertiary/aromatic N) is 2. The van der Waals surface area contributed by atoms with Crippen molar-refractivity contribution in [1.29, 1.82) is 0 Å². The van der Waals surface area contributed by atoms with Crippen molar-refractivity contribution in [3.05, 3.63) is 89.5 Å². The maximum atomic E-state index is 13.4. The third-order valence-electron chi connectivity index (χ3n) is 5.77. The number of methoxy groups -OCH3 is 1. The van der Waals surface area contributed by atoms with Crippen LogP contribution in [0.1, 0.15) is 24.1 Å². The number of aliphatic hydroxyl groups is 1. The van der Waals surface area contributed by atoms with Gasteiger partial charge in [-0.05, 0) is 42.8 Å². The summed E-state index contributed by atoms with van der Waals surface area (Å²) in [6.07, 6.45) is 0. The molecule has 0 bridgehead atoms. The van der Waals surface area contributed by atoms with E-state index in [-0.39, 0.29) is 11.3 Å². The molecule has 0 saturated carbocycles. The van der Waals surface area contributed by atoms with E-state index in [1.807, 2.05) is 31.2 Å². The lowest BCUT2D eigenvalue weighted by Gasteiger charge is -2.23. The van der Waals surface area contributed by atoms with Crippen LogP contribution in [0.4, 0.5) is 5.13 Å². The molecule has 5 rings (SSSR count). The fraction of sp³-hybridized carbons (Fsp3) is 0.148. The number of amides is 1. The molecule has 1 aromatic heterocycles. The van der Waals surface area contributed by atoms with Gasteiger partial charge in [0.2, 0.25) is 0 Å². The zero-order valence-corrected chi connectivity index (χ0v) is 19.9. The predicted molar refractivity (Wildman–Crippen MR) is 135 cm³/mol. The number of rotatable bonds is 6. The smallest absolute Gasteiger partial charge is 0.301 e. The van der Waals surface area contributed by atoms with E-state index in [0.717, 1.165) is 4.70 Å². The molecule has 0 radical (unpaired) electrons. The van der Waals surface area contributed by atoms with Gasteiger partial charge in [-0.1, -0.05) is 53.8 Å². The quantitative estimate of drug-likeness (QED) is 0.225. The van der Waals surface area contributed by atoms with Gasteiger partial charge in [0, 0.05) is 5.56 Å². The fourth-order valence-corrected chi connectivity index (χ4v) is 5.18. The first kappa shape index (κ1) is 22.6. The Morgan fingerprint density at radius 1 is 1.03 bits per heavy atom. The van der Waals surface area contributed by atoms with Crippen LogP contribution < -0.4 is 14.4 Å². The first-order valence-corrected chi connectivity index (χ1v) is 11.9. The van der Waals surface area contributed by atoms with Crippen molar-refractivity contribution in [2.75, 3.05) is 18.6 Å². The molecule has 1 aliphatic rings. The second-order valence-corrected chi connectivity index (χ2v) is 8.88. The number of hydrogen-bond donors (Lipinski definition) is 1. The van der Waals surface area contributed by atoms with Crippen molar-refractivity contribution in [2.45, 2.75) is 13.0 Å². The van der Waals surface area contributed by atoms with E-state index in [1.54, 1.807) is 55.6 Å². The average molecular weight is 487 g/mol. The summed E-state index contributed by atoms with van der Waals surface area (Å²) < 4.78 is 11.8. The number of carbonyl (C=O) groups is 2. The molecule has 3 aromatic carbocycles. The molecule has 1 saturated heterocycles. The molecule has 8 heteroatoms. The summed E-state index contributed by atoms with van der Waals surface area (Å²) in [6.45, 7) is 2.43. The van der Waals surface area contributed by atoms with Crippen LogP contribution in [0, 0.1) is 0 Å². The van der Waals surface area contributed by atoms with Crippen LogP contribution >= 0.6 is 11.3 Å². The molecule has 1 aliphatic heterocycles. The van der Waals surface area contributed by atoms with Gasteiger partial charge in [0.15, 0.2) is 5.13 Å². The molecule has 4 aromatic rings. The van der Waals surface area contributed by atoms with Gasteiger partial charge >= 0.3 is 5.91 Å². The Morgan fingerprint density at radius 2 is 1.83 bits per heavy atom. The number of aromatic nitrogens is 1. The van der Waals surface area contributed by atoms with Gasteiger partial charge in [0.25, 0.3) is 5.78 Å². The van der Waals surface area contributed by atoms with Crippen LogP contribution in [0.5, 0.6) is 11.5 Å². The van der Waals surface area contributed by atoms with Crippen LogP contribution in [0.15, 0.2) is 78.4 Å². The molecule has 1 amide bonds. The van der Waals surface area contributed by atoms with Crippen molar-refractivity contribution in [2.24, 2.45) is 0 Å². The Balaban J connectivity index is 1.70. The van der Waals surface area contributed by atoms with Crippen LogP contribution in [0.25, 0.3) is 16.0 Å². The number of benzene rings is 3. The summed E-state index contributed by atoms with van der Waals surface area (Å²) in [7, 11) is 1.55. The van der Waals surface area contributed by atoms with Crippen molar-refractivity contribution in [3.8, 4) is 11.5 Å². The van der Waals surface area contributed by atoms with Gasteiger partial charge in [-0.15, -0.1) is 0 Å². The largest absolute Gasteiger partial charge is 0.507 e. The lowest BCUT2D eigenvalue weighted by Crippen LogP contribution is -2.29. The summed E-state index contributed by atoms with van der Waals surface area (Å²) in [5.74, 6) is -0.490. The Morgan fingerprint density at radius 3 is 2.57 bits per heavy atom. The van der Waals surface area contributed by atoms with E-state index < -0.39 is 17.7 Å². The van der Waals surface area contributed by atoms with Gasteiger partial charge in [0.05, 0.1) is 35.5 Å². The molecule has 2 heterocycles. The minimum absolute atomic E-state index is 0.00344. The molecular formula is C27H22N2O5S. The number of ether oxygens (including phenoxy) is 2. The lowest BCUT2D eigenvalue weighted by atomic mass is 9.95. The maximum absolute atomic E-state index is 13.4. The van der Waals surface area contributed by atoms with Crippen molar-refractivity contribution in [3.63, 3.8) is 0 Å². The molecule has 0 spiro atoms. The van der Waals surface area contributed by atoms with Crippen molar-refractivity contribution >= 4 is 44.1 Å². The van der Waals surface area contributed by atoms with E-state index in [9.17, 15) is 14.7 Å². The molecule has 1 unspecified atom stereocenters. The van der Waals surface area contributed by atoms with Crippen LogP contribution in [0.3, 0.4) is 0 Å². The Bertz CT molecular complexity index is 1460. The normalized spacial score (nSPS) is 17.2. The van der Waals surface area contributed by atoms with E-state index in [4.69, 9.17) is 9.47 Å². The molecule has 7 nitrogen and oxygen atoms in total. The molecular weight excluding hydrogens is 464 g/mol. The van der Waals surface area contributed by atoms with Crippen LogP contribution in [0.2, 0.25) is 0 Å². The summed E-state index contributed by atoms with van der Waals surface area (Å²) >= 11 is 1.28. The van der Waals surface area contributed by atoms with Gasteiger partial charge in [-0.2, -0.15) is 0 Å². The summed E-state index contributed by atoms with van der Waals surface area (Å²) in [5.41, 5.74) is 1.76. The van der Waals surface area contributed by atoms with E-state index in [0.29, 0.717) is 39.9 Å². The zero-order chi connectivity index (χ0) is 24.5. The Labute approximate surface area is 205 Å². The van der Waals surface area contributed by atoms with Crippen LogP contribution in [-0.4, -0.2) is 35.5 Å². The monoisotopic (exact) mass is 486 g/mol. The number of thiazole rings is 1. The minimum atomic E-state index is -0.878. The third-order valence-corrected chi connectivity index (χ3v) is 6.78. The van der Waals surface area contributed by atoms with Crippen LogP contribution in [-0.2, 0) is 9.59 Å². The lowest BCUT2D eigenvalue weighted by molar-refractivity contribution is -0.132. The standard InChI is InChI=1S/C27H22N2O5S/c1-3-34-19-12-13-20-21(15-19)35-27(28-20)29-23(17-10-7-11-18(14-17)33-2)22(25(31)26(29)32)24(30)16-8-5-4-6-9-16/h4-15,23,30H,3H2,1-2H3. The van der Waals surface area contributed by atoms with Gasteiger partial charge < -0.3 is 14.6 Å². The topological polar surface area (TPSA) is 89.0 Å². The Hall–Kier alpha value is -4.17. The summed E-state index contributed by atoms with van der Waals surface area (Å²) in [4.78, 5) is 32.7. The number of fused-ring (bicyclic) bond motifs is 1.